The Balaban J connectivity index is 1.50. The Labute approximate surface area is 168 Å². The Morgan fingerprint density at radius 1 is 1.07 bits per heavy atom. The third-order valence-electron chi connectivity index (χ3n) is 5.31. The maximum atomic E-state index is 12.9. The number of fused-ring (bicyclic) bond motifs is 1. The molecule has 0 bridgehead atoms. The second kappa shape index (κ2) is 8.32. The Hall–Kier alpha value is -2.38. The van der Waals surface area contributed by atoms with Crippen LogP contribution in [0.3, 0.4) is 0 Å². The van der Waals surface area contributed by atoms with Gasteiger partial charge >= 0.3 is 0 Å². The number of amides is 2. The highest BCUT2D eigenvalue weighted by atomic mass is 35.5. The number of aromatic amines is 1. The van der Waals surface area contributed by atoms with Gasteiger partial charge in [0.1, 0.15) is 0 Å². The number of carbonyl (C=O) groups excluding carboxylic acids is 2. The van der Waals surface area contributed by atoms with Crippen LogP contribution in [0.25, 0.3) is 0 Å². The zero-order valence-electron chi connectivity index (χ0n) is 15.6. The normalized spacial score (nSPS) is 16.8. The lowest BCUT2D eigenvalue weighted by Gasteiger charge is -2.29. The number of morpholine rings is 1. The number of H-pyrrole nitrogens is 1. The van der Waals surface area contributed by atoms with Gasteiger partial charge < -0.3 is 14.5 Å². The molecule has 1 aromatic carbocycles. The lowest BCUT2D eigenvalue weighted by Crippen LogP contribution is -2.42. The lowest BCUT2D eigenvalue weighted by molar-refractivity contribution is 0.0297. The van der Waals surface area contributed by atoms with Crippen molar-refractivity contribution in [3.05, 3.63) is 52.3 Å². The molecule has 3 heterocycles. The molecule has 0 saturated carbocycles. The molecule has 1 N–H and O–H groups in total. The standard InChI is InChI=1S/C20H23ClN4O3/c21-7-5-14-1-3-15(4-2-14)19(26)25-8-6-17-16(13-25)18(23-22-17)20(27)24-9-11-28-12-10-24/h1-4H,5-13H2,(H,22,23). The molecule has 0 spiro atoms. The van der Waals surface area contributed by atoms with E-state index in [4.69, 9.17) is 16.3 Å². The molecule has 1 saturated heterocycles. The minimum Gasteiger partial charge on any atom is -0.378 e. The first-order chi connectivity index (χ1) is 13.7. The van der Waals surface area contributed by atoms with E-state index < -0.39 is 0 Å². The zero-order valence-corrected chi connectivity index (χ0v) is 16.4. The smallest absolute Gasteiger partial charge is 0.274 e. The summed E-state index contributed by atoms with van der Waals surface area (Å²) < 4.78 is 5.32. The van der Waals surface area contributed by atoms with Crippen molar-refractivity contribution < 1.29 is 14.3 Å². The average molecular weight is 403 g/mol. The molecule has 148 valence electrons. The Bertz CT molecular complexity index is 859. The molecular formula is C20H23ClN4O3. The van der Waals surface area contributed by atoms with Gasteiger partial charge in [-0.1, -0.05) is 12.1 Å². The number of hydrogen-bond donors (Lipinski definition) is 1. The third kappa shape index (κ3) is 3.77. The zero-order chi connectivity index (χ0) is 19.5. The van der Waals surface area contributed by atoms with Gasteiger partial charge in [-0.3, -0.25) is 14.7 Å². The summed E-state index contributed by atoms with van der Waals surface area (Å²) >= 11 is 5.77. The Morgan fingerprint density at radius 3 is 2.54 bits per heavy atom. The third-order valence-corrected chi connectivity index (χ3v) is 5.49. The first-order valence-electron chi connectivity index (χ1n) is 9.54. The van der Waals surface area contributed by atoms with E-state index in [1.165, 1.54) is 0 Å². The van der Waals surface area contributed by atoms with Crippen molar-refractivity contribution in [1.29, 1.82) is 0 Å². The summed E-state index contributed by atoms with van der Waals surface area (Å²) in [7, 11) is 0. The number of rotatable bonds is 4. The van der Waals surface area contributed by atoms with Crippen molar-refractivity contribution >= 4 is 23.4 Å². The molecule has 0 unspecified atom stereocenters. The van der Waals surface area contributed by atoms with Crippen molar-refractivity contribution in [3.63, 3.8) is 0 Å². The van der Waals surface area contributed by atoms with Crippen LogP contribution in [0, 0.1) is 0 Å². The summed E-state index contributed by atoms with van der Waals surface area (Å²) in [6, 6.07) is 7.57. The van der Waals surface area contributed by atoms with E-state index in [0.29, 0.717) is 63.0 Å². The number of nitrogens with zero attached hydrogens (tertiary/aromatic N) is 3. The molecule has 28 heavy (non-hydrogen) atoms. The fourth-order valence-electron chi connectivity index (χ4n) is 3.67. The highest BCUT2D eigenvalue weighted by Gasteiger charge is 2.30. The van der Waals surface area contributed by atoms with Gasteiger partial charge in [-0.15, -0.1) is 11.6 Å². The molecule has 0 aliphatic carbocycles. The number of nitrogens with one attached hydrogen (secondary N) is 1. The second-order valence-corrected chi connectivity index (χ2v) is 7.42. The van der Waals surface area contributed by atoms with Gasteiger partial charge in [0, 0.05) is 48.8 Å². The minimum atomic E-state index is -0.0967. The minimum absolute atomic E-state index is 0.0333. The summed E-state index contributed by atoms with van der Waals surface area (Å²) in [5, 5.41) is 7.25. The van der Waals surface area contributed by atoms with Gasteiger partial charge in [0.25, 0.3) is 11.8 Å². The van der Waals surface area contributed by atoms with E-state index in [2.05, 4.69) is 10.2 Å². The largest absolute Gasteiger partial charge is 0.378 e. The van der Waals surface area contributed by atoms with Crippen molar-refractivity contribution in [2.45, 2.75) is 19.4 Å². The number of ether oxygens (including phenoxy) is 1. The molecule has 2 aliphatic rings. The molecule has 1 fully saturated rings. The predicted molar refractivity (Wildman–Crippen MR) is 105 cm³/mol. The van der Waals surface area contributed by atoms with Gasteiger partial charge in [0.15, 0.2) is 5.69 Å². The molecule has 0 atom stereocenters. The first kappa shape index (κ1) is 19.0. The second-order valence-electron chi connectivity index (χ2n) is 7.05. The number of benzene rings is 1. The van der Waals surface area contributed by atoms with Gasteiger partial charge in [0.2, 0.25) is 0 Å². The number of hydrogen-bond acceptors (Lipinski definition) is 4. The number of aromatic nitrogens is 2. The van der Waals surface area contributed by atoms with Crippen molar-refractivity contribution in [2.24, 2.45) is 0 Å². The van der Waals surface area contributed by atoms with E-state index in [-0.39, 0.29) is 11.8 Å². The fraction of sp³-hybridized carbons (Fsp3) is 0.450. The molecule has 2 amide bonds. The van der Waals surface area contributed by atoms with Crippen molar-refractivity contribution in [2.75, 3.05) is 38.7 Å². The van der Waals surface area contributed by atoms with Gasteiger partial charge in [-0.05, 0) is 24.1 Å². The summed E-state index contributed by atoms with van der Waals surface area (Å²) in [6.07, 6.45) is 1.44. The molecule has 8 heteroatoms. The fourth-order valence-corrected chi connectivity index (χ4v) is 3.89. The Kier molecular flexibility index (Phi) is 5.64. The van der Waals surface area contributed by atoms with Crippen molar-refractivity contribution in [1.82, 2.24) is 20.0 Å². The monoisotopic (exact) mass is 402 g/mol. The van der Waals surface area contributed by atoms with Crippen LogP contribution in [0.15, 0.2) is 24.3 Å². The maximum absolute atomic E-state index is 12.9. The quantitative estimate of drug-likeness (QED) is 0.792. The van der Waals surface area contributed by atoms with E-state index in [0.717, 1.165) is 23.2 Å². The molecule has 2 aliphatic heterocycles. The van der Waals surface area contributed by atoms with Gasteiger partial charge in [-0.25, -0.2) is 0 Å². The first-order valence-corrected chi connectivity index (χ1v) is 10.1. The van der Waals surface area contributed by atoms with Crippen LogP contribution < -0.4 is 0 Å². The summed E-state index contributed by atoms with van der Waals surface area (Å²) in [6.45, 7) is 3.21. The van der Waals surface area contributed by atoms with Crippen LogP contribution in [0.2, 0.25) is 0 Å². The highest BCUT2D eigenvalue weighted by molar-refractivity contribution is 6.18. The summed E-state index contributed by atoms with van der Waals surface area (Å²) in [4.78, 5) is 29.3. The lowest BCUT2D eigenvalue weighted by atomic mass is 10.0. The topological polar surface area (TPSA) is 78.5 Å². The summed E-state index contributed by atoms with van der Waals surface area (Å²) in [5.74, 6) is 0.428. The molecular weight excluding hydrogens is 380 g/mol. The van der Waals surface area contributed by atoms with Gasteiger partial charge in [-0.2, -0.15) is 5.10 Å². The van der Waals surface area contributed by atoms with E-state index in [9.17, 15) is 9.59 Å². The summed E-state index contributed by atoms with van der Waals surface area (Å²) in [5.41, 5.74) is 3.95. The highest BCUT2D eigenvalue weighted by Crippen LogP contribution is 2.23. The van der Waals surface area contributed by atoms with Crippen molar-refractivity contribution in [3.8, 4) is 0 Å². The van der Waals surface area contributed by atoms with Gasteiger partial charge in [0.05, 0.1) is 19.8 Å². The van der Waals surface area contributed by atoms with Crippen LogP contribution >= 0.6 is 11.6 Å². The SMILES string of the molecule is O=C(c1ccc(CCCl)cc1)N1CCc2[nH]nc(C(=O)N3CCOCC3)c2C1. The van der Waals surface area contributed by atoms with E-state index in [1.54, 1.807) is 9.80 Å². The predicted octanol–water partition coefficient (Wildman–Crippen LogP) is 1.86. The van der Waals surface area contributed by atoms with Crippen LogP contribution in [-0.2, 0) is 24.1 Å². The number of carbonyl (C=O) groups is 2. The number of alkyl halides is 1. The van der Waals surface area contributed by atoms with Crippen LogP contribution in [0.1, 0.15) is 37.7 Å². The molecule has 7 nitrogen and oxygen atoms in total. The van der Waals surface area contributed by atoms with E-state index >= 15 is 0 Å². The molecule has 2 aromatic rings. The maximum Gasteiger partial charge on any atom is 0.274 e. The molecule has 1 aromatic heterocycles. The molecule has 0 radical (unpaired) electrons. The van der Waals surface area contributed by atoms with E-state index in [1.807, 2.05) is 24.3 Å². The van der Waals surface area contributed by atoms with Crippen LogP contribution in [-0.4, -0.2) is 70.5 Å². The van der Waals surface area contributed by atoms with Crippen LogP contribution in [0.4, 0.5) is 0 Å². The average Bonchev–Trinajstić information content (AvgIpc) is 3.17. The van der Waals surface area contributed by atoms with Crippen LogP contribution in [0.5, 0.6) is 0 Å². The molecule has 4 rings (SSSR count). The number of aryl methyl sites for hydroxylation is 1. The Morgan fingerprint density at radius 2 is 1.82 bits per heavy atom. The number of halogens is 1.